The van der Waals surface area contributed by atoms with Gasteiger partial charge in [0.05, 0.1) is 35.1 Å². The molecule has 0 bridgehead atoms. The maximum atomic E-state index is 13.2. The van der Waals surface area contributed by atoms with Crippen molar-refractivity contribution in [1.29, 1.82) is 0 Å². The summed E-state index contributed by atoms with van der Waals surface area (Å²) in [7, 11) is 3.40. The number of ether oxygens (including phenoxy) is 1. The van der Waals surface area contributed by atoms with Gasteiger partial charge >= 0.3 is 0 Å². The first-order chi connectivity index (χ1) is 18.4. The van der Waals surface area contributed by atoms with E-state index in [1.54, 1.807) is 32.7 Å². The molecule has 1 amide bonds. The molecule has 0 saturated carbocycles. The fourth-order valence-corrected chi connectivity index (χ4v) is 5.19. The van der Waals surface area contributed by atoms with E-state index in [9.17, 15) is 4.79 Å². The van der Waals surface area contributed by atoms with Crippen molar-refractivity contribution >= 4 is 57.2 Å². The van der Waals surface area contributed by atoms with Crippen molar-refractivity contribution < 1.29 is 9.53 Å². The molecule has 0 radical (unpaired) electrons. The maximum Gasteiger partial charge on any atom is 0.238 e. The van der Waals surface area contributed by atoms with E-state index in [1.165, 1.54) is 0 Å². The topological polar surface area (TPSA) is 95.5 Å². The largest absolute Gasteiger partial charge is 0.497 e. The molecule has 1 aliphatic rings. The smallest absolute Gasteiger partial charge is 0.238 e. The second kappa shape index (κ2) is 11.4. The maximum absolute atomic E-state index is 13.2. The number of pyridine rings is 1. The van der Waals surface area contributed by atoms with Gasteiger partial charge in [0, 0.05) is 68.5 Å². The van der Waals surface area contributed by atoms with Crippen LogP contribution < -0.4 is 20.3 Å². The zero-order chi connectivity index (χ0) is 26.6. The van der Waals surface area contributed by atoms with Crippen LogP contribution in [0.5, 0.6) is 5.75 Å². The van der Waals surface area contributed by atoms with Crippen molar-refractivity contribution in [3.8, 4) is 17.0 Å². The molecule has 2 aromatic heterocycles. The zero-order valence-electron chi connectivity index (χ0n) is 21.0. The van der Waals surface area contributed by atoms with Crippen LogP contribution in [0.15, 0.2) is 55.0 Å². The standard InChI is InChI=1S/C27H27Cl2N7O2/c1-30-27-32-6-5-23(34-27)18-11-17-3-4-19(38-2)13-20(17)24(12-18)33-25(37)16-35-7-9-36(10-8-35)26-21(28)14-31-15-22(26)29/h3-6,11-15H,7-10,16H2,1-2H3,(H,33,37)(H,30,32,34). The van der Waals surface area contributed by atoms with Crippen LogP contribution in [-0.2, 0) is 4.79 Å². The number of carbonyl (C=O) groups excluding carboxylic acids is 1. The highest BCUT2D eigenvalue weighted by molar-refractivity contribution is 6.38. The Morgan fingerprint density at radius 2 is 1.82 bits per heavy atom. The molecule has 9 nitrogen and oxygen atoms in total. The van der Waals surface area contributed by atoms with Gasteiger partial charge in [0.25, 0.3) is 0 Å². The Kier molecular flexibility index (Phi) is 7.78. The average Bonchev–Trinajstić information content (AvgIpc) is 2.93. The molecule has 4 aromatic rings. The summed E-state index contributed by atoms with van der Waals surface area (Å²) in [5.41, 5.74) is 3.11. The monoisotopic (exact) mass is 551 g/mol. The lowest BCUT2D eigenvalue weighted by Gasteiger charge is -2.36. The van der Waals surface area contributed by atoms with Crippen LogP contribution in [0.1, 0.15) is 0 Å². The second-order valence-corrected chi connectivity index (χ2v) is 9.70. The van der Waals surface area contributed by atoms with Crippen molar-refractivity contribution in [3.05, 3.63) is 65.0 Å². The molecule has 2 N–H and O–H groups in total. The summed E-state index contributed by atoms with van der Waals surface area (Å²) in [4.78, 5) is 30.2. The number of hydrogen-bond donors (Lipinski definition) is 2. The predicted molar refractivity (Wildman–Crippen MR) is 153 cm³/mol. The lowest BCUT2D eigenvalue weighted by atomic mass is 10.0. The number of benzene rings is 2. The molecule has 0 unspecified atom stereocenters. The van der Waals surface area contributed by atoms with Crippen LogP contribution >= 0.6 is 23.2 Å². The number of anilines is 3. The van der Waals surface area contributed by atoms with Gasteiger partial charge in [-0.05, 0) is 35.7 Å². The number of nitrogens with one attached hydrogen (secondary N) is 2. The summed E-state index contributed by atoms with van der Waals surface area (Å²) in [6, 6.07) is 11.6. The summed E-state index contributed by atoms with van der Waals surface area (Å²) in [6.07, 6.45) is 4.89. The highest BCUT2D eigenvalue weighted by Crippen LogP contribution is 2.34. The Morgan fingerprint density at radius 1 is 1.05 bits per heavy atom. The van der Waals surface area contributed by atoms with Gasteiger partial charge in [0.2, 0.25) is 11.9 Å². The normalized spacial score (nSPS) is 13.9. The number of piperazine rings is 1. The number of hydrogen-bond acceptors (Lipinski definition) is 8. The summed E-state index contributed by atoms with van der Waals surface area (Å²) in [6.45, 7) is 3.07. The number of fused-ring (bicyclic) bond motifs is 1. The van der Waals surface area contributed by atoms with Crippen LogP contribution in [0, 0.1) is 0 Å². The van der Waals surface area contributed by atoms with Gasteiger partial charge in [-0.1, -0.05) is 29.3 Å². The predicted octanol–water partition coefficient (Wildman–Crippen LogP) is 4.81. The molecule has 3 heterocycles. The first kappa shape index (κ1) is 26.0. The van der Waals surface area contributed by atoms with Crippen molar-refractivity contribution in [2.75, 3.05) is 62.4 Å². The number of rotatable bonds is 7. The molecular formula is C27H27Cl2N7O2. The SMILES string of the molecule is CNc1nccc(-c2cc(NC(=O)CN3CCN(c4c(Cl)cncc4Cl)CC3)c3cc(OC)ccc3c2)n1. The van der Waals surface area contributed by atoms with Crippen molar-refractivity contribution in [3.63, 3.8) is 0 Å². The van der Waals surface area contributed by atoms with E-state index in [-0.39, 0.29) is 12.5 Å². The molecule has 0 aliphatic carbocycles. The number of halogens is 2. The molecule has 196 valence electrons. The summed E-state index contributed by atoms with van der Waals surface area (Å²) >= 11 is 12.7. The first-order valence-electron chi connectivity index (χ1n) is 12.1. The number of methoxy groups -OCH3 is 1. The van der Waals surface area contributed by atoms with E-state index < -0.39 is 0 Å². The van der Waals surface area contributed by atoms with E-state index in [0.717, 1.165) is 27.7 Å². The number of nitrogens with zero attached hydrogens (tertiary/aromatic N) is 5. The lowest BCUT2D eigenvalue weighted by molar-refractivity contribution is -0.117. The highest BCUT2D eigenvalue weighted by atomic mass is 35.5. The molecule has 2 aromatic carbocycles. The summed E-state index contributed by atoms with van der Waals surface area (Å²) < 4.78 is 5.44. The van der Waals surface area contributed by atoms with E-state index in [2.05, 4.69) is 35.4 Å². The minimum Gasteiger partial charge on any atom is -0.497 e. The molecule has 11 heteroatoms. The molecule has 38 heavy (non-hydrogen) atoms. The van der Waals surface area contributed by atoms with Crippen LogP contribution in [-0.4, -0.2) is 72.6 Å². The minimum absolute atomic E-state index is 0.0988. The van der Waals surface area contributed by atoms with Gasteiger partial charge in [0.15, 0.2) is 0 Å². The highest BCUT2D eigenvalue weighted by Gasteiger charge is 2.23. The van der Waals surface area contributed by atoms with Crippen molar-refractivity contribution in [2.45, 2.75) is 0 Å². The van der Waals surface area contributed by atoms with Crippen molar-refractivity contribution in [2.24, 2.45) is 0 Å². The van der Waals surface area contributed by atoms with Gasteiger partial charge in [-0.3, -0.25) is 14.7 Å². The number of aromatic nitrogens is 3. The van der Waals surface area contributed by atoms with Crippen LogP contribution in [0.4, 0.5) is 17.3 Å². The van der Waals surface area contributed by atoms with Gasteiger partial charge in [-0.2, -0.15) is 0 Å². The summed E-state index contributed by atoms with van der Waals surface area (Å²) in [5, 5.41) is 8.99. The second-order valence-electron chi connectivity index (χ2n) is 8.89. The third kappa shape index (κ3) is 5.60. The molecule has 0 spiro atoms. The van der Waals surface area contributed by atoms with Gasteiger partial charge in [0.1, 0.15) is 5.75 Å². The summed E-state index contributed by atoms with van der Waals surface area (Å²) in [5.74, 6) is 1.14. The number of amides is 1. The Labute approximate surface area is 230 Å². The quantitative estimate of drug-likeness (QED) is 0.338. The minimum atomic E-state index is -0.0988. The third-order valence-electron chi connectivity index (χ3n) is 6.49. The van der Waals surface area contributed by atoms with E-state index in [0.29, 0.717) is 53.6 Å². The Bertz CT molecular complexity index is 1460. The van der Waals surface area contributed by atoms with E-state index in [1.807, 2.05) is 36.4 Å². The van der Waals surface area contributed by atoms with Gasteiger partial charge < -0.3 is 20.3 Å². The Balaban J connectivity index is 1.34. The first-order valence-corrected chi connectivity index (χ1v) is 12.9. The number of carbonyl (C=O) groups is 1. The molecule has 5 rings (SSSR count). The fraction of sp³-hybridized carbons (Fsp3) is 0.259. The van der Waals surface area contributed by atoms with Crippen LogP contribution in [0.25, 0.3) is 22.0 Å². The Morgan fingerprint density at radius 3 is 2.53 bits per heavy atom. The molecular weight excluding hydrogens is 525 g/mol. The molecule has 1 fully saturated rings. The third-order valence-corrected chi connectivity index (χ3v) is 7.05. The lowest BCUT2D eigenvalue weighted by Crippen LogP contribution is -2.48. The van der Waals surface area contributed by atoms with Crippen molar-refractivity contribution in [1.82, 2.24) is 19.9 Å². The van der Waals surface area contributed by atoms with Gasteiger partial charge in [-0.15, -0.1) is 0 Å². The fourth-order valence-electron chi connectivity index (χ4n) is 4.58. The molecule has 1 aliphatic heterocycles. The van der Waals surface area contributed by atoms with Gasteiger partial charge in [-0.25, -0.2) is 9.97 Å². The van der Waals surface area contributed by atoms with Crippen LogP contribution in [0.3, 0.4) is 0 Å². The van der Waals surface area contributed by atoms with E-state index in [4.69, 9.17) is 27.9 Å². The zero-order valence-corrected chi connectivity index (χ0v) is 22.6. The van der Waals surface area contributed by atoms with E-state index >= 15 is 0 Å². The average molecular weight is 552 g/mol. The molecule has 0 atom stereocenters. The Hall–Kier alpha value is -3.66. The molecule has 1 saturated heterocycles. The van der Waals surface area contributed by atoms with Crippen LogP contribution in [0.2, 0.25) is 10.0 Å².